The normalized spacial score (nSPS) is 11.4. The summed E-state index contributed by atoms with van der Waals surface area (Å²) in [5.41, 5.74) is 0. The average molecular weight is 371 g/mol. The van der Waals surface area contributed by atoms with Crippen molar-refractivity contribution in [3.05, 3.63) is 0 Å². The van der Waals surface area contributed by atoms with Gasteiger partial charge in [-0.15, -0.1) is 0 Å². The molecule has 5 heteroatoms. The van der Waals surface area contributed by atoms with Crippen LogP contribution in [0.25, 0.3) is 0 Å². The van der Waals surface area contributed by atoms with E-state index in [2.05, 4.69) is 6.92 Å². The van der Waals surface area contributed by atoms with Crippen LogP contribution in [0.15, 0.2) is 0 Å². The van der Waals surface area contributed by atoms with Gasteiger partial charge in [0, 0.05) is 5.75 Å². The second kappa shape index (κ2) is 20.2. The number of unbranched alkanes of at least 4 members (excludes halogenated alkanes) is 16. The zero-order valence-corrected chi connectivity index (χ0v) is 19.2. The molecular weight excluding hydrogens is 331 g/mol. The van der Waals surface area contributed by atoms with Gasteiger partial charge in [-0.3, -0.25) is 0 Å². The third kappa shape index (κ3) is 25.2. The molecule has 0 aromatic rings. The van der Waals surface area contributed by atoms with Gasteiger partial charge in [0.2, 0.25) is 0 Å². The molecule has 0 saturated heterocycles. The molecule has 24 heavy (non-hydrogen) atoms. The first-order valence-corrected chi connectivity index (χ1v) is 11.6. The van der Waals surface area contributed by atoms with Crippen molar-refractivity contribution < 1.29 is 42.5 Å². The Bertz CT molecular complexity index is 332. The van der Waals surface area contributed by atoms with Crippen molar-refractivity contribution in [2.45, 2.75) is 116 Å². The van der Waals surface area contributed by atoms with E-state index in [4.69, 9.17) is 0 Å². The quantitative estimate of drug-likeness (QED) is 0.211. The van der Waals surface area contributed by atoms with E-state index in [0.717, 1.165) is 12.8 Å². The van der Waals surface area contributed by atoms with E-state index in [0.29, 0.717) is 6.42 Å². The van der Waals surface area contributed by atoms with Crippen LogP contribution in [-0.2, 0) is 10.1 Å². The van der Waals surface area contributed by atoms with Crippen molar-refractivity contribution >= 4 is 10.1 Å². The Morgan fingerprint density at radius 1 is 0.542 bits per heavy atom. The molecule has 0 bridgehead atoms. The molecule has 0 aliphatic heterocycles. The molecule has 0 amide bonds. The summed E-state index contributed by atoms with van der Waals surface area (Å²) < 4.78 is 31.3. The van der Waals surface area contributed by atoms with Crippen molar-refractivity contribution in [2.75, 3.05) is 5.75 Å². The SMILES string of the molecule is CCCCCCCCCCCCCCCCCCCS(=O)(=O)[O-].[Na+]. The van der Waals surface area contributed by atoms with Crippen molar-refractivity contribution in [1.29, 1.82) is 0 Å². The molecule has 0 aromatic heterocycles. The summed E-state index contributed by atoms with van der Waals surface area (Å²) >= 11 is 0. The van der Waals surface area contributed by atoms with Crippen molar-refractivity contribution in [3.63, 3.8) is 0 Å². The Balaban J connectivity index is 0. The number of hydrogen-bond donors (Lipinski definition) is 0. The van der Waals surface area contributed by atoms with Gasteiger partial charge >= 0.3 is 29.6 Å². The van der Waals surface area contributed by atoms with Gasteiger partial charge < -0.3 is 4.55 Å². The molecule has 0 spiro atoms. The van der Waals surface area contributed by atoms with Gasteiger partial charge in [-0.05, 0) is 6.42 Å². The van der Waals surface area contributed by atoms with E-state index in [1.54, 1.807) is 0 Å². The maximum Gasteiger partial charge on any atom is 1.00 e. The molecule has 0 rings (SSSR count). The fourth-order valence-electron chi connectivity index (χ4n) is 3.00. The second-order valence-corrected chi connectivity index (χ2v) is 8.44. The summed E-state index contributed by atoms with van der Waals surface area (Å²) in [7, 11) is -3.99. The van der Waals surface area contributed by atoms with Gasteiger partial charge in [-0.2, -0.15) is 0 Å². The molecule has 0 unspecified atom stereocenters. The molecule has 0 radical (unpaired) electrons. The van der Waals surface area contributed by atoms with E-state index < -0.39 is 10.1 Å². The minimum atomic E-state index is -3.99. The third-order valence-corrected chi connectivity index (χ3v) is 5.29. The molecule has 0 saturated carbocycles. The Morgan fingerprint density at radius 3 is 1.04 bits per heavy atom. The van der Waals surface area contributed by atoms with Crippen LogP contribution in [0.2, 0.25) is 0 Å². The van der Waals surface area contributed by atoms with Crippen LogP contribution in [-0.4, -0.2) is 18.7 Å². The van der Waals surface area contributed by atoms with E-state index in [9.17, 15) is 13.0 Å². The summed E-state index contributed by atoms with van der Waals surface area (Å²) in [4.78, 5) is 0. The maximum absolute atomic E-state index is 10.4. The van der Waals surface area contributed by atoms with Gasteiger partial charge in [0.1, 0.15) is 0 Å². The zero-order valence-electron chi connectivity index (χ0n) is 16.4. The van der Waals surface area contributed by atoms with Gasteiger partial charge in [0.15, 0.2) is 0 Å². The Morgan fingerprint density at radius 2 is 0.792 bits per heavy atom. The summed E-state index contributed by atoms with van der Waals surface area (Å²) in [5.74, 6) is -0.189. The minimum absolute atomic E-state index is 0. The summed E-state index contributed by atoms with van der Waals surface area (Å²) in [5, 5.41) is 0. The van der Waals surface area contributed by atoms with Gasteiger partial charge in [-0.25, -0.2) is 8.42 Å². The number of rotatable bonds is 18. The first kappa shape index (κ1) is 27.1. The van der Waals surface area contributed by atoms with Crippen LogP contribution in [0.3, 0.4) is 0 Å². The molecule has 0 atom stereocenters. The first-order chi connectivity index (χ1) is 11.1. The van der Waals surface area contributed by atoms with Crippen LogP contribution in [0.4, 0.5) is 0 Å². The summed E-state index contributed by atoms with van der Waals surface area (Å²) in [6.07, 6.45) is 21.5. The third-order valence-electron chi connectivity index (χ3n) is 4.50. The van der Waals surface area contributed by atoms with E-state index in [1.165, 1.54) is 89.9 Å². The monoisotopic (exact) mass is 370 g/mol. The van der Waals surface area contributed by atoms with Crippen molar-refractivity contribution in [1.82, 2.24) is 0 Å². The van der Waals surface area contributed by atoms with Gasteiger partial charge in [0.05, 0.1) is 10.1 Å². The standard InChI is InChI=1S/C19H40O3S.Na/c1-2-3-4-5-6-7-8-9-10-11-12-13-14-15-16-17-18-19-23(20,21)22;/h2-19H2,1H3,(H,20,21,22);/q;+1/p-1. The molecule has 0 aliphatic carbocycles. The summed E-state index contributed by atoms with van der Waals surface area (Å²) in [6, 6.07) is 0. The maximum atomic E-state index is 10.4. The van der Waals surface area contributed by atoms with E-state index >= 15 is 0 Å². The molecule has 3 nitrogen and oxygen atoms in total. The number of hydrogen-bond acceptors (Lipinski definition) is 3. The van der Waals surface area contributed by atoms with Crippen LogP contribution >= 0.6 is 0 Å². The van der Waals surface area contributed by atoms with Crippen LogP contribution in [0.5, 0.6) is 0 Å². The van der Waals surface area contributed by atoms with Crippen LogP contribution in [0.1, 0.15) is 116 Å². The summed E-state index contributed by atoms with van der Waals surface area (Å²) in [6.45, 7) is 2.27. The van der Waals surface area contributed by atoms with Crippen LogP contribution in [0, 0.1) is 0 Å². The topological polar surface area (TPSA) is 57.2 Å². The Kier molecular flexibility index (Phi) is 22.9. The zero-order chi connectivity index (χ0) is 17.2. The fourth-order valence-corrected chi connectivity index (χ4v) is 3.56. The Hall–Kier alpha value is 0.910. The average Bonchev–Trinajstić information content (AvgIpc) is 2.49. The molecule has 0 heterocycles. The second-order valence-electron chi connectivity index (χ2n) is 6.92. The Labute approximate surface area is 173 Å². The van der Waals surface area contributed by atoms with E-state index in [-0.39, 0.29) is 35.3 Å². The largest absolute Gasteiger partial charge is 1.00 e. The van der Waals surface area contributed by atoms with E-state index in [1.807, 2.05) is 0 Å². The predicted molar refractivity (Wildman–Crippen MR) is 98.7 cm³/mol. The molecule has 0 fully saturated rings. The van der Waals surface area contributed by atoms with Gasteiger partial charge in [-0.1, -0.05) is 110 Å². The van der Waals surface area contributed by atoms with Gasteiger partial charge in [0.25, 0.3) is 0 Å². The molecule has 0 aromatic carbocycles. The first-order valence-electron chi connectivity index (χ1n) is 10.00. The van der Waals surface area contributed by atoms with Crippen molar-refractivity contribution in [3.8, 4) is 0 Å². The molecular formula is C19H39NaO3S. The molecule has 0 N–H and O–H groups in total. The smallest absolute Gasteiger partial charge is 0.748 e. The predicted octanol–water partition coefficient (Wildman–Crippen LogP) is 3.19. The minimum Gasteiger partial charge on any atom is -0.748 e. The molecule has 140 valence electrons. The fraction of sp³-hybridized carbons (Fsp3) is 1.00. The van der Waals surface area contributed by atoms with Crippen LogP contribution < -0.4 is 29.6 Å². The van der Waals surface area contributed by atoms with Crippen molar-refractivity contribution in [2.24, 2.45) is 0 Å². The molecule has 0 aliphatic rings.